The number of para-hydroxylation sites is 2. The van der Waals surface area contributed by atoms with E-state index in [-0.39, 0.29) is 5.56 Å². The van der Waals surface area contributed by atoms with E-state index in [1.54, 1.807) is 18.4 Å². The second-order valence-corrected chi connectivity index (χ2v) is 9.03. The van der Waals surface area contributed by atoms with Crippen molar-refractivity contribution in [2.75, 3.05) is 7.11 Å². The number of aromatic amines is 1. The predicted octanol–water partition coefficient (Wildman–Crippen LogP) is 4.00. The van der Waals surface area contributed by atoms with Crippen molar-refractivity contribution in [3.8, 4) is 5.75 Å². The Hall–Kier alpha value is -2.32. The van der Waals surface area contributed by atoms with Gasteiger partial charge in [-0.25, -0.2) is 9.98 Å². The number of thiophene rings is 1. The molecule has 1 atom stereocenters. The van der Waals surface area contributed by atoms with Crippen molar-refractivity contribution in [2.24, 2.45) is 16.6 Å². The topological polar surface area (TPSA) is 93.4 Å². The molecule has 0 unspecified atom stereocenters. The first-order chi connectivity index (χ1) is 13.5. The highest BCUT2D eigenvalue weighted by Gasteiger charge is 2.23. The van der Waals surface area contributed by atoms with Crippen molar-refractivity contribution < 1.29 is 4.74 Å². The van der Waals surface area contributed by atoms with Crippen molar-refractivity contribution >= 4 is 44.2 Å². The summed E-state index contributed by atoms with van der Waals surface area (Å²) in [5.41, 5.74) is 7.89. The number of methoxy groups -OCH3 is 1. The van der Waals surface area contributed by atoms with Crippen LogP contribution in [-0.2, 0) is 18.6 Å². The van der Waals surface area contributed by atoms with E-state index in [4.69, 9.17) is 10.5 Å². The summed E-state index contributed by atoms with van der Waals surface area (Å²) < 4.78 is 5.29. The smallest absolute Gasteiger partial charge is 0.259 e. The lowest BCUT2D eigenvalue weighted by atomic mass is 9.89. The summed E-state index contributed by atoms with van der Waals surface area (Å²) in [4.78, 5) is 26.8. The predicted molar refractivity (Wildman–Crippen MR) is 117 cm³/mol. The van der Waals surface area contributed by atoms with Gasteiger partial charge in [-0.3, -0.25) is 4.79 Å². The average molecular weight is 415 g/mol. The zero-order chi connectivity index (χ0) is 19.7. The van der Waals surface area contributed by atoms with Crippen LogP contribution in [0.3, 0.4) is 0 Å². The third kappa shape index (κ3) is 3.79. The van der Waals surface area contributed by atoms with Gasteiger partial charge in [0.1, 0.15) is 22.1 Å². The van der Waals surface area contributed by atoms with Gasteiger partial charge in [-0.05, 0) is 42.9 Å². The van der Waals surface area contributed by atoms with Gasteiger partial charge in [0, 0.05) is 4.88 Å². The van der Waals surface area contributed by atoms with Gasteiger partial charge in [0.05, 0.1) is 18.2 Å². The van der Waals surface area contributed by atoms with Crippen LogP contribution in [0.5, 0.6) is 5.75 Å². The fourth-order valence-corrected chi connectivity index (χ4v) is 5.46. The highest BCUT2D eigenvalue weighted by molar-refractivity contribution is 8.13. The van der Waals surface area contributed by atoms with Crippen LogP contribution < -0.4 is 16.0 Å². The lowest BCUT2D eigenvalue weighted by molar-refractivity contribution is 0.416. The van der Waals surface area contributed by atoms with E-state index >= 15 is 0 Å². The number of aliphatic imine (C=N–C) groups is 1. The highest BCUT2D eigenvalue weighted by atomic mass is 32.2. The van der Waals surface area contributed by atoms with Gasteiger partial charge in [-0.1, -0.05) is 30.8 Å². The Morgan fingerprint density at radius 1 is 1.46 bits per heavy atom. The molecule has 0 fully saturated rings. The van der Waals surface area contributed by atoms with Crippen molar-refractivity contribution in [1.29, 1.82) is 0 Å². The molecule has 0 bridgehead atoms. The SMILES string of the molecule is COc1ccccc1N=C(N)SCc1nc2sc3c(c2c(=O)[nH]1)CC[C@H](C)C3. The zero-order valence-corrected chi connectivity index (χ0v) is 17.5. The minimum atomic E-state index is -0.0482. The molecule has 2 heterocycles. The number of aromatic nitrogens is 2. The van der Waals surface area contributed by atoms with Crippen LogP contribution in [0.1, 0.15) is 29.6 Å². The van der Waals surface area contributed by atoms with Gasteiger partial charge in [0.2, 0.25) is 0 Å². The highest BCUT2D eigenvalue weighted by Crippen LogP contribution is 2.35. The number of nitrogens with one attached hydrogen (secondary N) is 1. The standard InChI is InChI=1S/C20H22N4O2S2/c1-11-7-8-12-15(9-11)28-19-17(12)18(25)23-16(24-19)10-27-20(21)22-13-5-3-4-6-14(13)26-2/h3-6,11H,7-10H2,1-2H3,(H2,21,22)(H,23,24,25)/t11-/m0/s1. The number of rotatable bonds is 4. The van der Waals surface area contributed by atoms with Crippen molar-refractivity contribution in [3.63, 3.8) is 0 Å². The molecule has 0 saturated carbocycles. The van der Waals surface area contributed by atoms with Crippen LogP contribution in [-0.4, -0.2) is 22.2 Å². The van der Waals surface area contributed by atoms with Crippen LogP contribution in [0.15, 0.2) is 34.1 Å². The van der Waals surface area contributed by atoms with Gasteiger partial charge in [-0.2, -0.15) is 0 Å². The Morgan fingerprint density at radius 3 is 3.11 bits per heavy atom. The van der Waals surface area contributed by atoms with E-state index in [2.05, 4.69) is 21.9 Å². The normalized spacial score (nSPS) is 16.9. The second kappa shape index (κ2) is 7.97. The molecule has 1 aliphatic carbocycles. The number of hydrogen-bond acceptors (Lipinski definition) is 6. The van der Waals surface area contributed by atoms with Crippen molar-refractivity contribution in [1.82, 2.24) is 9.97 Å². The molecule has 28 heavy (non-hydrogen) atoms. The summed E-state index contributed by atoms with van der Waals surface area (Å²) in [6.07, 6.45) is 3.14. The fraction of sp³-hybridized carbons (Fsp3) is 0.350. The van der Waals surface area contributed by atoms with E-state index in [0.29, 0.717) is 34.1 Å². The molecule has 0 aliphatic heterocycles. The lowest BCUT2D eigenvalue weighted by Crippen LogP contribution is -2.15. The number of ether oxygens (including phenoxy) is 1. The van der Waals surface area contributed by atoms with E-state index in [0.717, 1.165) is 29.5 Å². The average Bonchev–Trinajstić information content (AvgIpc) is 3.04. The third-order valence-electron chi connectivity index (χ3n) is 4.89. The zero-order valence-electron chi connectivity index (χ0n) is 15.8. The molecule has 3 N–H and O–H groups in total. The fourth-order valence-electron chi connectivity index (χ4n) is 3.48. The summed E-state index contributed by atoms with van der Waals surface area (Å²) in [7, 11) is 1.60. The van der Waals surface area contributed by atoms with Gasteiger partial charge in [0.15, 0.2) is 5.17 Å². The number of aryl methyl sites for hydroxylation is 1. The molecular weight excluding hydrogens is 392 g/mol. The Balaban J connectivity index is 1.55. The molecule has 146 valence electrons. The Labute approximate surface area is 171 Å². The Morgan fingerprint density at radius 2 is 2.29 bits per heavy atom. The molecule has 8 heteroatoms. The number of H-pyrrole nitrogens is 1. The number of hydrogen-bond donors (Lipinski definition) is 2. The number of thioether (sulfide) groups is 1. The van der Waals surface area contributed by atoms with E-state index in [1.807, 2.05) is 24.3 Å². The van der Waals surface area contributed by atoms with E-state index in [9.17, 15) is 4.79 Å². The van der Waals surface area contributed by atoms with Crippen LogP contribution >= 0.6 is 23.1 Å². The maximum Gasteiger partial charge on any atom is 0.259 e. The minimum Gasteiger partial charge on any atom is -0.494 e. The van der Waals surface area contributed by atoms with Gasteiger partial charge in [-0.15, -0.1) is 11.3 Å². The van der Waals surface area contributed by atoms with Gasteiger partial charge < -0.3 is 15.5 Å². The number of amidine groups is 1. The molecule has 3 aromatic rings. The molecule has 4 rings (SSSR count). The van der Waals surface area contributed by atoms with Crippen molar-refractivity contribution in [2.45, 2.75) is 31.9 Å². The molecular formula is C20H22N4O2S2. The largest absolute Gasteiger partial charge is 0.494 e. The number of benzene rings is 1. The van der Waals surface area contributed by atoms with Crippen LogP contribution in [0.2, 0.25) is 0 Å². The number of fused-ring (bicyclic) bond motifs is 3. The molecule has 1 aliphatic rings. The summed E-state index contributed by atoms with van der Waals surface area (Å²) in [6, 6.07) is 7.44. The molecule has 0 saturated heterocycles. The first kappa shape index (κ1) is 19.0. The van der Waals surface area contributed by atoms with Crippen LogP contribution in [0.4, 0.5) is 5.69 Å². The molecule has 6 nitrogen and oxygen atoms in total. The summed E-state index contributed by atoms with van der Waals surface area (Å²) in [6.45, 7) is 2.26. The Bertz CT molecular complexity index is 1100. The quantitative estimate of drug-likeness (QED) is 0.497. The monoisotopic (exact) mass is 414 g/mol. The van der Waals surface area contributed by atoms with E-state index < -0.39 is 0 Å². The Kier molecular flexibility index (Phi) is 5.41. The maximum atomic E-state index is 12.7. The summed E-state index contributed by atoms with van der Waals surface area (Å²) >= 11 is 3.00. The second-order valence-electron chi connectivity index (χ2n) is 6.96. The minimum absolute atomic E-state index is 0.0482. The molecule has 2 aromatic heterocycles. The molecule has 0 radical (unpaired) electrons. The van der Waals surface area contributed by atoms with Gasteiger partial charge >= 0.3 is 0 Å². The summed E-state index contributed by atoms with van der Waals surface area (Å²) in [5.74, 6) is 2.40. The number of nitrogens with two attached hydrogens (primary N) is 1. The number of nitrogens with zero attached hydrogens (tertiary/aromatic N) is 2. The van der Waals surface area contributed by atoms with Crippen molar-refractivity contribution in [3.05, 3.63) is 50.9 Å². The first-order valence-corrected chi connectivity index (χ1v) is 11.0. The first-order valence-electron chi connectivity index (χ1n) is 9.18. The van der Waals surface area contributed by atoms with E-state index in [1.165, 1.54) is 22.2 Å². The maximum absolute atomic E-state index is 12.7. The molecule has 0 amide bonds. The van der Waals surface area contributed by atoms with Crippen LogP contribution in [0.25, 0.3) is 10.2 Å². The molecule has 1 aromatic carbocycles. The molecule has 0 spiro atoms. The third-order valence-corrected chi connectivity index (χ3v) is 6.84. The summed E-state index contributed by atoms with van der Waals surface area (Å²) in [5, 5.41) is 1.17. The lowest BCUT2D eigenvalue weighted by Gasteiger charge is -2.17. The van der Waals surface area contributed by atoms with Gasteiger partial charge in [0.25, 0.3) is 5.56 Å². The van der Waals surface area contributed by atoms with Crippen LogP contribution in [0, 0.1) is 5.92 Å².